The Hall–Kier alpha value is -0.600. The fraction of sp³-hybridized carbons (Fsp3) is 1.00. The van der Waals surface area contributed by atoms with Crippen LogP contribution in [0.5, 0.6) is 0 Å². The second-order valence-corrected chi connectivity index (χ2v) is 7.65. The molecule has 0 aliphatic rings. The Labute approximate surface area is 124 Å². The zero-order valence-corrected chi connectivity index (χ0v) is 13.4. The van der Waals surface area contributed by atoms with Crippen LogP contribution in [0.15, 0.2) is 0 Å². The number of nitrogens with zero attached hydrogens (tertiary/aromatic N) is 1. The lowest BCUT2D eigenvalue weighted by atomic mass is 10.3. The van der Waals surface area contributed by atoms with Crippen molar-refractivity contribution in [1.29, 1.82) is 0 Å². The predicted octanol–water partition coefficient (Wildman–Crippen LogP) is 0.990. The lowest BCUT2D eigenvalue weighted by Gasteiger charge is -2.22. The van der Waals surface area contributed by atoms with Crippen molar-refractivity contribution in [2.45, 2.75) is 30.8 Å². The Bertz CT molecular complexity index is 482. The molecule has 0 saturated heterocycles. The molecule has 0 amide bonds. The molecule has 22 heavy (non-hydrogen) atoms. The number of rotatable bonds is 5. The van der Waals surface area contributed by atoms with E-state index in [4.69, 9.17) is 0 Å². The first-order valence-corrected chi connectivity index (χ1v) is 8.51. The van der Waals surface area contributed by atoms with Crippen molar-refractivity contribution in [3.05, 3.63) is 4.13 Å². The van der Waals surface area contributed by atoms with Crippen LogP contribution in [0, 0.1) is 0 Å². The summed E-state index contributed by atoms with van der Waals surface area (Å²) in [6, 6.07) is 0. The van der Waals surface area contributed by atoms with E-state index in [-0.39, 0.29) is 0 Å². The number of quaternary nitrogens is 1. The highest BCUT2D eigenvalue weighted by Gasteiger charge is 2.46. The third-order valence-corrected chi connectivity index (χ3v) is 4.55. The number of halogens is 6. The van der Waals surface area contributed by atoms with Crippen molar-refractivity contribution < 1.29 is 48.1 Å². The fourth-order valence-electron chi connectivity index (χ4n) is 0.744. The molecule has 0 aromatic heterocycles. The molecule has 0 saturated carbocycles. The van der Waals surface area contributed by atoms with Gasteiger partial charge < -0.3 is 9.03 Å². The first kappa shape index (κ1) is 23.7. The van der Waals surface area contributed by atoms with E-state index in [0.717, 1.165) is 4.13 Å². The van der Waals surface area contributed by atoms with Gasteiger partial charge in [0.05, 0.1) is 20.6 Å². The van der Waals surface area contributed by atoms with Crippen LogP contribution in [0.2, 0.25) is 0 Å². The predicted molar refractivity (Wildman–Crippen MR) is 65.9 cm³/mol. The molecule has 0 unspecified atom stereocenters. The monoisotopic (exact) mass is 382 g/mol. The number of sulfonamides is 2. The highest BCUT2D eigenvalue weighted by Crippen LogP contribution is 2.36. The van der Waals surface area contributed by atoms with Gasteiger partial charge >= 0.3 is 11.0 Å². The van der Waals surface area contributed by atoms with Gasteiger partial charge in [-0.15, -0.1) is 0 Å². The van der Waals surface area contributed by atoms with Gasteiger partial charge in [0.2, 0.25) is 0 Å². The minimum atomic E-state index is -6.72. The summed E-state index contributed by atoms with van der Waals surface area (Å²) in [6.07, 6.45) is 2.69. The van der Waals surface area contributed by atoms with E-state index in [1.807, 2.05) is 0 Å². The maximum Gasteiger partial charge on any atom is 0.480 e. The Morgan fingerprint density at radius 2 is 1.18 bits per heavy atom. The topological polar surface area (TPSA) is 86.8 Å². The van der Waals surface area contributed by atoms with Crippen molar-refractivity contribution in [2.75, 3.05) is 20.6 Å². The molecule has 0 atom stereocenters. The van der Waals surface area contributed by atoms with Crippen LogP contribution in [-0.4, -0.2) is 48.5 Å². The maximum absolute atomic E-state index is 11.4. The van der Waals surface area contributed by atoms with Gasteiger partial charge in [0.25, 0.3) is 0 Å². The third-order valence-electron chi connectivity index (χ3n) is 1.81. The van der Waals surface area contributed by atoms with E-state index in [9.17, 15) is 43.2 Å². The molecule has 0 bridgehead atoms. The lowest BCUT2D eigenvalue weighted by Crippen LogP contribution is -3.05. The minimum Gasteiger partial charge on any atom is -0.421 e. The SMILES string of the molecule is CCCC[NH+](C)C.O=S(=O)([N-]S(=O)(=O)C(F)(F)F)C(F)(F)F. The molecule has 1 N–H and O–H groups in total. The molecule has 14 heteroatoms. The number of alkyl halides is 6. The van der Waals surface area contributed by atoms with Crippen molar-refractivity contribution in [3.8, 4) is 0 Å². The molecule has 0 aliphatic carbocycles. The summed E-state index contributed by atoms with van der Waals surface area (Å²) >= 11 is 0. The van der Waals surface area contributed by atoms with E-state index < -0.39 is 31.1 Å². The molecule has 0 aromatic carbocycles. The fourth-order valence-corrected chi connectivity index (χ4v) is 2.45. The average Bonchev–Trinajstić information content (AvgIpc) is 2.22. The summed E-state index contributed by atoms with van der Waals surface area (Å²) in [7, 11) is -9.06. The minimum absolute atomic E-state index is 0.778. The van der Waals surface area contributed by atoms with Crippen molar-refractivity contribution in [2.24, 2.45) is 0 Å². The lowest BCUT2D eigenvalue weighted by molar-refractivity contribution is -0.858. The Morgan fingerprint density at radius 3 is 1.32 bits per heavy atom. The smallest absolute Gasteiger partial charge is 0.421 e. The van der Waals surface area contributed by atoms with E-state index >= 15 is 0 Å². The molecule has 136 valence electrons. The van der Waals surface area contributed by atoms with Gasteiger partial charge in [0, 0.05) is 0 Å². The molecular weight excluding hydrogens is 366 g/mol. The summed E-state index contributed by atoms with van der Waals surface area (Å²) in [6.45, 7) is 3.54. The van der Waals surface area contributed by atoms with E-state index in [0.29, 0.717) is 0 Å². The Balaban J connectivity index is 0. The van der Waals surface area contributed by atoms with Gasteiger partial charge in [-0.25, -0.2) is 16.8 Å². The molecule has 0 aliphatic heterocycles. The average molecular weight is 382 g/mol. The normalized spacial score (nSPS) is 13.7. The van der Waals surface area contributed by atoms with E-state index in [1.54, 1.807) is 4.90 Å². The van der Waals surface area contributed by atoms with Crippen LogP contribution in [-0.2, 0) is 20.0 Å². The van der Waals surface area contributed by atoms with Gasteiger partial charge in [0.15, 0.2) is 20.0 Å². The maximum atomic E-state index is 11.4. The Kier molecular flexibility index (Phi) is 8.94. The van der Waals surface area contributed by atoms with E-state index in [1.165, 1.54) is 19.4 Å². The quantitative estimate of drug-likeness (QED) is 0.719. The second-order valence-electron chi connectivity index (χ2n) is 4.23. The van der Waals surface area contributed by atoms with Crippen LogP contribution in [0.25, 0.3) is 4.13 Å². The number of nitrogens with one attached hydrogen (secondary N) is 1. The number of hydrogen-bond donors (Lipinski definition) is 1. The number of hydrogen-bond acceptors (Lipinski definition) is 4. The molecule has 0 radical (unpaired) electrons. The first-order valence-electron chi connectivity index (χ1n) is 5.63. The zero-order valence-electron chi connectivity index (χ0n) is 11.8. The molecule has 0 aromatic rings. The van der Waals surface area contributed by atoms with Crippen molar-refractivity contribution in [1.82, 2.24) is 0 Å². The summed E-state index contributed by atoms with van der Waals surface area (Å²) < 4.78 is 109. The van der Waals surface area contributed by atoms with E-state index in [2.05, 4.69) is 21.0 Å². The van der Waals surface area contributed by atoms with Gasteiger partial charge in [-0.1, -0.05) is 13.3 Å². The van der Waals surface area contributed by atoms with Gasteiger partial charge in [-0.2, -0.15) is 26.3 Å². The van der Waals surface area contributed by atoms with Crippen molar-refractivity contribution in [3.63, 3.8) is 0 Å². The molecule has 0 fully saturated rings. The molecular formula is C8H16F6N2O4S2. The van der Waals surface area contributed by atoms with Crippen LogP contribution in [0.3, 0.4) is 0 Å². The summed E-state index contributed by atoms with van der Waals surface area (Å²) in [5, 5.41) is 0. The summed E-state index contributed by atoms with van der Waals surface area (Å²) in [4.78, 5) is 1.56. The van der Waals surface area contributed by atoms with Gasteiger partial charge in [-0.3, -0.25) is 0 Å². The largest absolute Gasteiger partial charge is 0.480 e. The standard InChI is InChI=1S/C6H15N.C2F6NO4S2/c1-4-5-6-7(2)3;3-1(4,5)14(10,11)9-15(12,13)2(6,7)8/h4-6H2,1-3H3;/q;-1/p+1. The third kappa shape index (κ3) is 8.75. The van der Waals surface area contributed by atoms with Crippen LogP contribution >= 0.6 is 0 Å². The molecule has 0 heterocycles. The second kappa shape index (κ2) is 8.31. The highest BCUT2D eigenvalue weighted by atomic mass is 32.3. The van der Waals surface area contributed by atoms with Crippen LogP contribution in [0.4, 0.5) is 26.3 Å². The van der Waals surface area contributed by atoms with Crippen molar-refractivity contribution >= 4 is 20.0 Å². The highest BCUT2D eigenvalue weighted by molar-refractivity contribution is 8.13. The molecule has 0 rings (SSSR count). The number of unbranched alkanes of at least 4 members (excludes halogenated alkanes) is 1. The Morgan fingerprint density at radius 1 is 0.864 bits per heavy atom. The van der Waals surface area contributed by atoms with Gasteiger partial charge in [0.1, 0.15) is 0 Å². The first-order chi connectivity index (χ1) is 9.48. The summed E-state index contributed by atoms with van der Waals surface area (Å²) in [5.41, 5.74) is -12.4. The molecule has 0 spiro atoms. The van der Waals surface area contributed by atoms with Crippen LogP contribution < -0.4 is 4.90 Å². The zero-order chi connectivity index (χ0) is 18.4. The molecule has 6 nitrogen and oxygen atoms in total. The van der Waals surface area contributed by atoms with Crippen LogP contribution in [0.1, 0.15) is 19.8 Å². The summed E-state index contributed by atoms with van der Waals surface area (Å²) in [5.74, 6) is 0. The van der Waals surface area contributed by atoms with Gasteiger partial charge in [-0.05, 0) is 6.42 Å².